The summed E-state index contributed by atoms with van der Waals surface area (Å²) in [5.74, 6) is 0. The van der Waals surface area contributed by atoms with Gasteiger partial charge in [-0.25, -0.2) is 4.98 Å². The molecule has 4 N–H and O–H groups in total. The number of fused-ring (bicyclic) bond motifs is 1. The van der Waals surface area contributed by atoms with Crippen LogP contribution < -0.4 is 0 Å². The van der Waals surface area contributed by atoms with Crippen molar-refractivity contribution in [3.63, 3.8) is 0 Å². The van der Waals surface area contributed by atoms with Crippen molar-refractivity contribution in [2.75, 3.05) is 6.61 Å². The lowest BCUT2D eigenvalue weighted by Gasteiger charge is -2.17. The maximum absolute atomic E-state index is 10.1. The van der Waals surface area contributed by atoms with E-state index in [2.05, 4.69) is 25.9 Å². The van der Waals surface area contributed by atoms with Crippen LogP contribution in [0.15, 0.2) is 17.0 Å². The van der Waals surface area contributed by atoms with Crippen LogP contribution in [0.2, 0.25) is 0 Å². The van der Waals surface area contributed by atoms with Crippen molar-refractivity contribution in [2.45, 2.75) is 24.5 Å². The molecule has 1 unspecified atom stereocenters. The summed E-state index contributed by atoms with van der Waals surface area (Å²) in [4.78, 5) is 6.94. The molecule has 0 amide bonds. The van der Waals surface area contributed by atoms with E-state index in [-0.39, 0.29) is 6.61 Å². The van der Waals surface area contributed by atoms with E-state index >= 15 is 0 Å². The lowest BCUT2D eigenvalue weighted by Crippen LogP contribution is -2.33. The first-order valence-corrected chi connectivity index (χ1v) is 7.11. The molecule has 3 rings (SSSR count). The molecule has 1 aliphatic heterocycles. The first-order valence-electron chi connectivity index (χ1n) is 5.90. The summed E-state index contributed by atoms with van der Waals surface area (Å²) < 4.78 is 8.25. The third-order valence-electron chi connectivity index (χ3n) is 3.37. The van der Waals surface area contributed by atoms with Gasteiger partial charge in [0, 0.05) is 10.7 Å². The number of halogens is 1. The average Bonchev–Trinajstić information content (AvgIpc) is 2.90. The second-order valence-corrected chi connectivity index (χ2v) is 5.79. The summed E-state index contributed by atoms with van der Waals surface area (Å²) in [5, 5.41) is 29.7. The van der Waals surface area contributed by atoms with E-state index in [4.69, 9.17) is 22.1 Å². The number of hydrogen-bond acceptors (Lipinski definition) is 6. The molecule has 0 aliphatic carbocycles. The minimum atomic E-state index is -1.15. The van der Waals surface area contributed by atoms with Crippen LogP contribution in [-0.2, 0) is 4.74 Å². The topological polar surface area (TPSA) is 104 Å². The number of aromatic nitrogens is 3. The van der Waals surface area contributed by atoms with Gasteiger partial charge in [-0.05, 0) is 15.9 Å². The highest BCUT2D eigenvalue weighted by molar-refractivity contribution is 9.10. The van der Waals surface area contributed by atoms with Gasteiger partial charge >= 0.3 is 0 Å². The minimum Gasteiger partial charge on any atom is -0.394 e. The molecule has 2 aromatic rings. The number of rotatable bonds is 2. The van der Waals surface area contributed by atoms with Gasteiger partial charge in [0.15, 0.2) is 6.23 Å². The molecule has 0 radical (unpaired) electrons. The van der Waals surface area contributed by atoms with Crippen LogP contribution in [-0.4, -0.2) is 54.8 Å². The Hall–Kier alpha value is -0.840. The number of nitrogens with zero attached hydrogens (tertiary/aromatic N) is 2. The third kappa shape index (κ3) is 2.01. The Morgan fingerprint density at radius 2 is 2.20 bits per heavy atom. The van der Waals surface area contributed by atoms with Gasteiger partial charge in [0.1, 0.15) is 28.6 Å². The molecule has 2 aromatic heterocycles. The molecule has 0 bridgehead atoms. The second kappa shape index (κ2) is 5.17. The molecule has 4 atom stereocenters. The van der Waals surface area contributed by atoms with Crippen LogP contribution in [0.4, 0.5) is 0 Å². The van der Waals surface area contributed by atoms with Gasteiger partial charge in [0.25, 0.3) is 0 Å². The zero-order valence-electron chi connectivity index (χ0n) is 10.1. The molecule has 0 saturated carbocycles. The van der Waals surface area contributed by atoms with Gasteiger partial charge in [0.05, 0.1) is 18.3 Å². The van der Waals surface area contributed by atoms with Gasteiger partial charge in [-0.2, -0.15) is 0 Å². The standard InChI is InChI=1S/C11H12BrN3O4S/c12-4-1-15(9-6(4)10(20)14-3-13-9)11-8(18)7(17)5(2-16)19-11/h1,3,5,7-8,11,16-18H,2H2,(H,13,14,20)/t5-,7-,8-,11?/m1/s1. The smallest absolute Gasteiger partial charge is 0.164 e. The third-order valence-corrected chi connectivity index (χ3v) is 4.29. The van der Waals surface area contributed by atoms with Crippen molar-refractivity contribution >= 4 is 39.2 Å². The Balaban J connectivity index is 2.12. The summed E-state index contributed by atoms with van der Waals surface area (Å²) in [6.07, 6.45) is -0.788. The number of H-pyrrole nitrogens is 1. The number of ether oxygens (including phenoxy) is 1. The van der Waals surface area contributed by atoms with E-state index in [0.29, 0.717) is 20.1 Å². The van der Waals surface area contributed by atoms with Crippen molar-refractivity contribution in [2.24, 2.45) is 0 Å². The molecule has 1 aliphatic rings. The molecule has 108 valence electrons. The van der Waals surface area contributed by atoms with Gasteiger partial charge in [-0.3, -0.25) is 0 Å². The van der Waals surface area contributed by atoms with Crippen molar-refractivity contribution in [1.29, 1.82) is 0 Å². The molecule has 1 saturated heterocycles. The van der Waals surface area contributed by atoms with Gasteiger partial charge in [0.2, 0.25) is 0 Å². The largest absolute Gasteiger partial charge is 0.394 e. The molecular weight excluding hydrogens is 350 g/mol. The summed E-state index contributed by atoms with van der Waals surface area (Å²) >= 11 is 8.55. The van der Waals surface area contributed by atoms with E-state index in [1.54, 1.807) is 10.8 Å². The minimum absolute atomic E-state index is 0.368. The van der Waals surface area contributed by atoms with E-state index in [0.717, 1.165) is 0 Å². The molecular formula is C11H12BrN3O4S. The predicted octanol–water partition coefficient (Wildman–Crippen LogP) is 0.468. The average molecular weight is 362 g/mol. The summed E-state index contributed by atoms with van der Waals surface area (Å²) in [7, 11) is 0. The number of aromatic amines is 1. The molecule has 1 fully saturated rings. The zero-order chi connectivity index (χ0) is 14.4. The first kappa shape index (κ1) is 14.1. The number of nitrogens with one attached hydrogen (secondary N) is 1. The fraction of sp³-hybridized carbons (Fsp3) is 0.455. The van der Waals surface area contributed by atoms with E-state index < -0.39 is 24.5 Å². The normalized spacial score (nSPS) is 30.2. The number of aliphatic hydroxyl groups is 3. The van der Waals surface area contributed by atoms with Crippen LogP contribution in [0, 0.1) is 4.64 Å². The van der Waals surface area contributed by atoms with E-state index in [9.17, 15) is 10.2 Å². The van der Waals surface area contributed by atoms with Crippen molar-refractivity contribution < 1.29 is 20.1 Å². The van der Waals surface area contributed by atoms with Gasteiger partial charge < -0.3 is 29.6 Å². The molecule has 20 heavy (non-hydrogen) atoms. The Bertz CT molecular complexity index is 703. The summed E-state index contributed by atoms with van der Waals surface area (Å²) in [5.41, 5.74) is 0.617. The highest BCUT2D eigenvalue weighted by Crippen LogP contribution is 2.34. The Kier molecular flexibility index (Phi) is 3.65. The number of aliphatic hydroxyl groups excluding tert-OH is 3. The maximum Gasteiger partial charge on any atom is 0.164 e. The Morgan fingerprint density at radius 3 is 2.85 bits per heavy atom. The lowest BCUT2D eigenvalue weighted by molar-refractivity contribution is -0.0509. The van der Waals surface area contributed by atoms with Gasteiger partial charge in [-0.15, -0.1) is 0 Å². The maximum atomic E-state index is 10.1. The van der Waals surface area contributed by atoms with E-state index in [1.807, 2.05) is 0 Å². The van der Waals surface area contributed by atoms with Gasteiger partial charge in [-0.1, -0.05) is 12.2 Å². The first-order chi connectivity index (χ1) is 9.54. The Labute approximate surface area is 127 Å². The monoisotopic (exact) mass is 361 g/mol. The van der Waals surface area contributed by atoms with Crippen molar-refractivity contribution in [1.82, 2.24) is 14.5 Å². The van der Waals surface area contributed by atoms with Crippen molar-refractivity contribution in [3.05, 3.63) is 21.6 Å². The molecule has 0 aromatic carbocycles. The molecule has 3 heterocycles. The molecule has 7 nitrogen and oxygen atoms in total. The lowest BCUT2D eigenvalue weighted by atomic mass is 10.1. The van der Waals surface area contributed by atoms with Crippen LogP contribution in [0.5, 0.6) is 0 Å². The Morgan fingerprint density at radius 1 is 1.45 bits per heavy atom. The SMILES string of the molecule is OC[C@H]1OC(n2cc(Br)c3c(=S)nc[nH]c32)[C@H](O)[C@@H]1O. The summed E-state index contributed by atoms with van der Waals surface area (Å²) in [6.45, 7) is -0.368. The molecule has 0 spiro atoms. The van der Waals surface area contributed by atoms with Crippen LogP contribution >= 0.6 is 28.1 Å². The van der Waals surface area contributed by atoms with Crippen LogP contribution in [0.3, 0.4) is 0 Å². The zero-order valence-corrected chi connectivity index (χ0v) is 12.5. The van der Waals surface area contributed by atoms with Crippen LogP contribution in [0.1, 0.15) is 6.23 Å². The number of hydrogen-bond donors (Lipinski definition) is 4. The summed E-state index contributed by atoms with van der Waals surface area (Å²) in [6, 6.07) is 0. The quantitative estimate of drug-likeness (QED) is 0.579. The second-order valence-electron chi connectivity index (χ2n) is 4.54. The highest BCUT2D eigenvalue weighted by atomic mass is 79.9. The van der Waals surface area contributed by atoms with E-state index in [1.165, 1.54) is 6.33 Å². The van der Waals surface area contributed by atoms with Crippen LogP contribution in [0.25, 0.3) is 11.0 Å². The predicted molar refractivity (Wildman–Crippen MR) is 75.6 cm³/mol. The fourth-order valence-electron chi connectivity index (χ4n) is 2.37. The van der Waals surface area contributed by atoms with Crippen molar-refractivity contribution in [3.8, 4) is 0 Å². The highest BCUT2D eigenvalue weighted by Gasteiger charge is 2.43. The fourth-order valence-corrected chi connectivity index (χ4v) is 3.36. The molecule has 9 heteroatoms.